The first-order chi connectivity index (χ1) is 14.4. The highest BCUT2D eigenvalue weighted by molar-refractivity contribution is 6.05. The summed E-state index contributed by atoms with van der Waals surface area (Å²) in [5.41, 5.74) is 4.18. The molecular weight excluding hydrogens is 383 g/mol. The molecule has 0 saturated heterocycles. The Kier molecular flexibility index (Phi) is 5.35. The van der Waals surface area contributed by atoms with Crippen molar-refractivity contribution in [3.8, 4) is 0 Å². The van der Waals surface area contributed by atoms with Crippen LogP contribution in [0.1, 0.15) is 44.1 Å². The SMILES string of the molecule is Cc1ccc(C)c(NC(=O)c2cc3n(n2)CCCN(Cc2ccc(F)cc2)C3=O)c1. The highest BCUT2D eigenvalue weighted by Crippen LogP contribution is 2.20. The summed E-state index contributed by atoms with van der Waals surface area (Å²) in [6, 6.07) is 13.5. The van der Waals surface area contributed by atoms with Crippen LogP contribution in [0.2, 0.25) is 0 Å². The van der Waals surface area contributed by atoms with Crippen molar-refractivity contribution in [3.05, 3.63) is 82.4 Å². The molecule has 2 aromatic carbocycles. The van der Waals surface area contributed by atoms with Gasteiger partial charge in [0.2, 0.25) is 0 Å². The van der Waals surface area contributed by atoms with Gasteiger partial charge in [-0.25, -0.2) is 4.39 Å². The molecule has 1 N–H and O–H groups in total. The Bertz CT molecular complexity index is 1100. The number of carbonyl (C=O) groups is 2. The van der Waals surface area contributed by atoms with E-state index in [0.717, 1.165) is 28.8 Å². The predicted molar refractivity (Wildman–Crippen MR) is 112 cm³/mol. The van der Waals surface area contributed by atoms with E-state index in [2.05, 4.69) is 10.4 Å². The Morgan fingerprint density at radius 3 is 2.63 bits per heavy atom. The first kappa shape index (κ1) is 19.8. The normalized spacial score (nSPS) is 13.7. The van der Waals surface area contributed by atoms with Gasteiger partial charge in [0.15, 0.2) is 5.69 Å². The molecule has 2 amide bonds. The lowest BCUT2D eigenvalue weighted by molar-refractivity contribution is 0.0745. The van der Waals surface area contributed by atoms with Gasteiger partial charge in [0.05, 0.1) is 0 Å². The maximum atomic E-state index is 13.2. The van der Waals surface area contributed by atoms with Crippen molar-refractivity contribution in [1.82, 2.24) is 14.7 Å². The van der Waals surface area contributed by atoms with Gasteiger partial charge in [-0.3, -0.25) is 14.3 Å². The van der Waals surface area contributed by atoms with Crippen molar-refractivity contribution >= 4 is 17.5 Å². The predicted octanol–water partition coefficient (Wildman–Crippen LogP) is 3.94. The lowest BCUT2D eigenvalue weighted by Crippen LogP contribution is -2.30. The fourth-order valence-corrected chi connectivity index (χ4v) is 3.56. The maximum absolute atomic E-state index is 13.2. The molecule has 0 radical (unpaired) electrons. The number of amides is 2. The van der Waals surface area contributed by atoms with Crippen LogP contribution in [0.25, 0.3) is 0 Å². The average molecular weight is 406 g/mol. The Balaban J connectivity index is 1.54. The lowest BCUT2D eigenvalue weighted by atomic mass is 10.1. The van der Waals surface area contributed by atoms with E-state index in [1.165, 1.54) is 12.1 Å². The van der Waals surface area contributed by atoms with Crippen LogP contribution in [0.5, 0.6) is 0 Å². The third-order valence-corrected chi connectivity index (χ3v) is 5.24. The standard InChI is InChI=1S/C23H23FN4O2/c1-15-4-5-16(2)19(12-15)25-22(29)20-13-21-23(30)27(10-3-11-28(21)26-20)14-17-6-8-18(24)9-7-17/h4-9,12-13H,3,10-11,14H2,1-2H3,(H,25,29). The number of carbonyl (C=O) groups excluding carboxylic acids is 2. The van der Waals surface area contributed by atoms with Crippen LogP contribution in [0.3, 0.4) is 0 Å². The number of fused-ring (bicyclic) bond motifs is 1. The Morgan fingerprint density at radius 1 is 1.10 bits per heavy atom. The monoisotopic (exact) mass is 406 g/mol. The van der Waals surface area contributed by atoms with E-state index in [-0.39, 0.29) is 23.3 Å². The molecule has 0 fully saturated rings. The molecule has 4 rings (SSSR count). The molecule has 1 aromatic heterocycles. The van der Waals surface area contributed by atoms with E-state index >= 15 is 0 Å². The maximum Gasteiger partial charge on any atom is 0.276 e. The van der Waals surface area contributed by atoms with Crippen molar-refractivity contribution in [2.45, 2.75) is 33.4 Å². The molecule has 0 atom stereocenters. The van der Waals surface area contributed by atoms with Gasteiger partial charge in [0, 0.05) is 31.4 Å². The smallest absolute Gasteiger partial charge is 0.276 e. The highest BCUT2D eigenvalue weighted by atomic mass is 19.1. The Hall–Kier alpha value is -3.48. The summed E-state index contributed by atoms with van der Waals surface area (Å²) in [4.78, 5) is 27.5. The van der Waals surface area contributed by atoms with E-state index in [4.69, 9.17) is 0 Å². The van der Waals surface area contributed by atoms with Crippen LogP contribution >= 0.6 is 0 Å². The van der Waals surface area contributed by atoms with E-state index in [1.54, 1.807) is 27.8 Å². The molecule has 0 bridgehead atoms. The van der Waals surface area contributed by atoms with E-state index < -0.39 is 0 Å². The number of benzene rings is 2. The minimum Gasteiger partial charge on any atom is -0.333 e. The number of anilines is 1. The quantitative estimate of drug-likeness (QED) is 0.714. The minimum atomic E-state index is -0.345. The molecule has 6 nitrogen and oxygen atoms in total. The molecule has 2 heterocycles. The first-order valence-corrected chi connectivity index (χ1v) is 9.91. The van der Waals surface area contributed by atoms with E-state index in [0.29, 0.717) is 25.3 Å². The van der Waals surface area contributed by atoms with Crippen molar-refractivity contribution < 1.29 is 14.0 Å². The number of hydrogen-bond donors (Lipinski definition) is 1. The number of aromatic nitrogens is 2. The van der Waals surface area contributed by atoms with Gasteiger partial charge >= 0.3 is 0 Å². The second-order valence-electron chi connectivity index (χ2n) is 7.62. The van der Waals surface area contributed by atoms with Gasteiger partial charge in [-0.2, -0.15) is 5.10 Å². The zero-order valence-corrected chi connectivity index (χ0v) is 17.0. The number of nitrogens with one attached hydrogen (secondary N) is 1. The molecule has 0 spiro atoms. The fraction of sp³-hybridized carbons (Fsp3) is 0.261. The van der Waals surface area contributed by atoms with Crippen molar-refractivity contribution in [1.29, 1.82) is 0 Å². The topological polar surface area (TPSA) is 67.2 Å². The Labute approximate surface area is 174 Å². The number of nitrogens with zero attached hydrogens (tertiary/aromatic N) is 3. The molecular formula is C23H23FN4O2. The van der Waals surface area contributed by atoms with Crippen molar-refractivity contribution in [2.75, 3.05) is 11.9 Å². The van der Waals surface area contributed by atoms with Gasteiger partial charge in [-0.05, 0) is 55.2 Å². The van der Waals surface area contributed by atoms with Gasteiger partial charge in [0.25, 0.3) is 11.8 Å². The summed E-state index contributed by atoms with van der Waals surface area (Å²) in [5.74, 6) is -0.837. The fourth-order valence-electron chi connectivity index (χ4n) is 3.56. The molecule has 30 heavy (non-hydrogen) atoms. The van der Waals surface area contributed by atoms with Crippen LogP contribution < -0.4 is 5.32 Å². The summed E-state index contributed by atoms with van der Waals surface area (Å²) in [5, 5.41) is 7.26. The summed E-state index contributed by atoms with van der Waals surface area (Å²) in [6.45, 7) is 5.40. The number of aryl methyl sites for hydroxylation is 3. The minimum absolute atomic E-state index is 0.185. The second-order valence-corrected chi connectivity index (χ2v) is 7.62. The summed E-state index contributed by atoms with van der Waals surface area (Å²) in [6.07, 6.45) is 0.722. The summed E-state index contributed by atoms with van der Waals surface area (Å²) >= 11 is 0. The molecule has 3 aromatic rings. The number of hydrogen-bond acceptors (Lipinski definition) is 3. The number of halogens is 1. The van der Waals surface area contributed by atoms with Crippen LogP contribution in [0.4, 0.5) is 10.1 Å². The zero-order chi connectivity index (χ0) is 21.3. The molecule has 1 aliphatic heterocycles. The average Bonchev–Trinajstić information content (AvgIpc) is 3.09. The molecule has 1 aliphatic rings. The van der Waals surface area contributed by atoms with Gasteiger partial charge < -0.3 is 10.2 Å². The lowest BCUT2D eigenvalue weighted by Gasteiger charge is -2.20. The van der Waals surface area contributed by atoms with Crippen LogP contribution in [0, 0.1) is 19.7 Å². The van der Waals surface area contributed by atoms with Crippen LogP contribution in [-0.4, -0.2) is 33.0 Å². The third-order valence-electron chi connectivity index (χ3n) is 5.24. The van der Waals surface area contributed by atoms with Gasteiger partial charge in [-0.1, -0.05) is 24.3 Å². The van der Waals surface area contributed by atoms with Gasteiger partial charge in [0.1, 0.15) is 11.5 Å². The third kappa shape index (κ3) is 4.10. The Morgan fingerprint density at radius 2 is 1.87 bits per heavy atom. The van der Waals surface area contributed by atoms with E-state index in [1.807, 2.05) is 32.0 Å². The molecule has 7 heteroatoms. The number of rotatable bonds is 4. The van der Waals surface area contributed by atoms with E-state index in [9.17, 15) is 14.0 Å². The highest BCUT2D eigenvalue weighted by Gasteiger charge is 2.26. The van der Waals surface area contributed by atoms with Crippen molar-refractivity contribution in [3.63, 3.8) is 0 Å². The first-order valence-electron chi connectivity index (χ1n) is 9.91. The van der Waals surface area contributed by atoms with Crippen LogP contribution in [-0.2, 0) is 13.1 Å². The summed E-state index contributed by atoms with van der Waals surface area (Å²) in [7, 11) is 0. The molecule has 154 valence electrons. The second kappa shape index (κ2) is 8.10. The largest absolute Gasteiger partial charge is 0.333 e. The van der Waals surface area contributed by atoms with Gasteiger partial charge in [-0.15, -0.1) is 0 Å². The molecule has 0 saturated carbocycles. The van der Waals surface area contributed by atoms with Crippen LogP contribution in [0.15, 0.2) is 48.5 Å². The molecule has 0 aliphatic carbocycles. The zero-order valence-electron chi connectivity index (χ0n) is 17.0. The summed E-state index contributed by atoms with van der Waals surface area (Å²) < 4.78 is 14.8. The van der Waals surface area contributed by atoms with Crippen molar-refractivity contribution in [2.24, 2.45) is 0 Å². The molecule has 0 unspecified atom stereocenters.